The van der Waals surface area contributed by atoms with Gasteiger partial charge in [-0.15, -0.1) is 0 Å². The fourth-order valence-corrected chi connectivity index (χ4v) is 1.77. The Morgan fingerprint density at radius 3 is 2.54 bits per heavy atom. The lowest BCUT2D eigenvalue weighted by Gasteiger charge is -2.36. The van der Waals surface area contributed by atoms with Crippen molar-refractivity contribution in [2.45, 2.75) is 19.5 Å². The Kier molecular flexibility index (Phi) is 1.88. The van der Waals surface area contributed by atoms with Crippen molar-refractivity contribution in [3.63, 3.8) is 0 Å². The number of halogens is 1. The Balaban J connectivity index is 2.45. The van der Waals surface area contributed by atoms with Crippen LogP contribution in [0.4, 0.5) is 4.39 Å². The van der Waals surface area contributed by atoms with Crippen molar-refractivity contribution < 1.29 is 4.39 Å². The standard InChI is InChI=1S/C11H14FN/c1-8-4-3-5-10(9(8)2)11(12)6-13-7-11/h3-5,13H,6-7H2,1-2H3. The predicted molar refractivity (Wildman–Crippen MR) is 51.6 cm³/mol. The minimum atomic E-state index is -1.11. The van der Waals surface area contributed by atoms with Crippen molar-refractivity contribution >= 4 is 0 Å². The van der Waals surface area contributed by atoms with E-state index in [-0.39, 0.29) is 0 Å². The predicted octanol–water partition coefficient (Wildman–Crippen LogP) is 2.07. The van der Waals surface area contributed by atoms with Gasteiger partial charge in [0.1, 0.15) is 0 Å². The molecular formula is C11H14FN. The molecule has 70 valence electrons. The zero-order chi connectivity index (χ0) is 9.47. The molecule has 2 heteroatoms. The van der Waals surface area contributed by atoms with Gasteiger partial charge in [0.15, 0.2) is 5.67 Å². The Labute approximate surface area is 78.0 Å². The van der Waals surface area contributed by atoms with Gasteiger partial charge in [0.2, 0.25) is 0 Å². The summed E-state index contributed by atoms with van der Waals surface area (Å²) in [5.41, 5.74) is 2.00. The Morgan fingerprint density at radius 2 is 2.00 bits per heavy atom. The van der Waals surface area contributed by atoms with Gasteiger partial charge in [-0.25, -0.2) is 4.39 Å². The Hall–Kier alpha value is -0.890. The number of hydrogen-bond acceptors (Lipinski definition) is 1. The molecule has 0 amide bonds. The average molecular weight is 179 g/mol. The van der Waals surface area contributed by atoms with E-state index >= 15 is 0 Å². The molecule has 0 aliphatic carbocycles. The fraction of sp³-hybridized carbons (Fsp3) is 0.455. The lowest BCUT2D eigenvalue weighted by molar-refractivity contribution is 0.0883. The molecule has 1 heterocycles. The fourth-order valence-electron chi connectivity index (χ4n) is 1.77. The largest absolute Gasteiger partial charge is 0.310 e. The van der Waals surface area contributed by atoms with Crippen LogP contribution in [0.25, 0.3) is 0 Å². The van der Waals surface area contributed by atoms with Crippen molar-refractivity contribution in [3.8, 4) is 0 Å². The second kappa shape index (κ2) is 2.81. The molecule has 1 aromatic rings. The van der Waals surface area contributed by atoms with Gasteiger partial charge in [0.25, 0.3) is 0 Å². The van der Waals surface area contributed by atoms with E-state index in [1.807, 2.05) is 32.0 Å². The van der Waals surface area contributed by atoms with Gasteiger partial charge in [-0.2, -0.15) is 0 Å². The highest BCUT2D eigenvalue weighted by atomic mass is 19.1. The highest BCUT2D eigenvalue weighted by Gasteiger charge is 2.39. The minimum Gasteiger partial charge on any atom is -0.310 e. The maximum atomic E-state index is 14.0. The van der Waals surface area contributed by atoms with Crippen LogP contribution in [0.3, 0.4) is 0 Å². The lowest BCUT2D eigenvalue weighted by Crippen LogP contribution is -2.54. The van der Waals surface area contributed by atoms with E-state index in [1.165, 1.54) is 5.56 Å². The second-order valence-corrected chi connectivity index (χ2v) is 3.82. The number of rotatable bonds is 1. The van der Waals surface area contributed by atoms with Crippen molar-refractivity contribution in [1.82, 2.24) is 5.32 Å². The molecule has 0 aromatic heterocycles. The van der Waals surface area contributed by atoms with Crippen LogP contribution in [0.1, 0.15) is 16.7 Å². The van der Waals surface area contributed by atoms with Gasteiger partial charge in [-0.3, -0.25) is 0 Å². The van der Waals surface area contributed by atoms with Gasteiger partial charge < -0.3 is 5.32 Å². The van der Waals surface area contributed by atoms with E-state index in [2.05, 4.69) is 5.32 Å². The number of hydrogen-bond donors (Lipinski definition) is 1. The molecule has 0 radical (unpaired) electrons. The van der Waals surface area contributed by atoms with Gasteiger partial charge >= 0.3 is 0 Å². The SMILES string of the molecule is Cc1cccc(C2(F)CNC2)c1C. The molecule has 1 aliphatic rings. The van der Waals surface area contributed by atoms with E-state index in [1.54, 1.807) is 0 Å². The Morgan fingerprint density at radius 1 is 1.31 bits per heavy atom. The molecule has 1 aromatic carbocycles. The second-order valence-electron chi connectivity index (χ2n) is 3.82. The summed E-state index contributed by atoms with van der Waals surface area (Å²) in [6.07, 6.45) is 0. The molecule has 1 N–H and O–H groups in total. The zero-order valence-electron chi connectivity index (χ0n) is 8.02. The highest BCUT2D eigenvalue weighted by molar-refractivity contribution is 5.39. The van der Waals surface area contributed by atoms with Crippen LogP contribution in [0.5, 0.6) is 0 Å². The molecule has 0 spiro atoms. The first-order valence-electron chi connectivity index (χ1n) is 4.60. The molecule has 0 unspecified atom stereocenters. The van der Waals surface area contributed by atoms with Gasteiger partial charge in [-0.05, 0) is 30.5 Å². The van der Waals surface area contributed by atoms with Gasteiger partial charge in [0.05, 0.1) is 0 Å². The van der Waals surface area contributed by atoms with Crippen LogP contribution in [0, 0.1) is 13.8 Å². The van der Waals surface area contributed by atoms with Crippen LogP contribution in [0.15, 0.2) is 18.2 Å². The van der Waals surface area contributed by atoms with E-state index < -0.39 is 5.67 Å². The van der Waals surface area contributed by atoms with Crippen molar-refractivity contribution in [2.75, 3.05) is 13.1 Å². The number of benzene rings is 1. The first-order chi connectivity index (χ1) is 6.13. The summed E-state index contributed by atoms with van der Waals surface area (Å²) in [5, 5.41) is 2.97. The molecule has 1 saturated heterocycles. The normalized spacial score (nSPS) is 19.6. The molecule has 13 heavy (non-hydrogen) atoms. The third-order valence-corrected chi connectivity index (χ3v) is 2.90. The molecule has 0 atom stereocenters. The van der Waals surface area contributed by atoms with Crippen LogP contribution >= 0.6 is 0 Å². The first kappa shape index (κ1) is 8.70. The van der Waals surface area contributed by atoms with E-state index in [0.717, 1.165) is 11.1 Å². The lowest BCUT2D eigenvalue weighted by atomic mass is 9.85. The quantitative estimate of drug-likeness (QED) is 0.696. The van der Waals surface area contributed by atoms with Crippen molar-refractivity contribution in [2.24, 2.45) is 0 Å². The number of alkyl halides is 1. The molecule has 1 fully saturated rings. The summed E-state index contributed by atoms with van der Waals surface area (Å²) >= 11 is 0. The summed E-state index contributed by atoms with van der Waals surface area (Å²) in [6, 6.07) is 5.84. The summed E-state index contributed by atoms with van der Waals surface area (Å²) in [5.74, 6) is 0. The zero-order valence-corrected chi connectivity index (χ0v) is 8.02. The van der Waals surface area contributed by atoms with Crippen LogP contribution in [-0.4, -0.2) is 13.1 Å². The van der Waals surface area contributed by atoms with E-state index in [9.17, 15) is 4.39 Å². The highest BCUT2D eigenvalue weighted by Crippen LogP contribution is 2.33. The van der Waals surface area contributed by atoms with Crippen molar-refractivity contribution in [1.29, 1.82) is 0 Å². The summed E-state index contributed by atoms with van der Waals surface area (Å²) in [7, 11) is 0. The number of nitrogens with one attached hydrogen (secondary N) is 1. The Bertz CT molecular complexity index is 329. The monoisotopic (exact) mass is 179 g/mol. The third kappa shape index (κ3) is 1.25. The average Bonchev–Trinajstić information content (AvgIpc) is 2.06. The number of aryl methyl sites for hydroxylation is 1. The van der Waals surface area contributed by atoms with Crippen LogP contribution < -0.4 is 5.32 Å². The molecular weight excluding hydrogens is 165 g/mol. The summed E-state index contributed by atoms with van der Waals surface area (Å²) in [6.45, 7) is 4.92. The maximum Gasteiger partial charge on any atom is 0.160 e. The smallest absolute Gasteiger partial charge is 0.160 e. The maximum absolute atomic E-state index is 14.0. The van der Waals surface area contributed by atoms with Crippen LogP contribution in [-0.2, 0) is 5.67 Å². The first-order valence-corrected chi connectivity index (χ1v) is 4.60. The van der Waals surface area contributed by atoms with E-state index in [0.29, 0.717) is 13.1 Å². The molecule has 1 aliphatic heterocycles. The van der Waals surface area contributed by atoms with Crippen LogP contribution in [0.2, 0.25) is 0 Å². The van der Waals surface area contributed by atoms with E-state index in [4.69, 9.17) is 0 Å². The molecule has 0 saturated carbocycles. The molecule has 2 rings (SSSR count). The van der Waals surface area contributed by atoms with Crippen molar-refractivity contribution in [3.05, 3.63) is 34.9 Å². The minimum absolute atomic E-state index is 0.456. The molecule has 1 nitrogen and oxygen atoms in total. The van der Waals surface area contributed by atoms with Gasteiger partial charge in [-0.1, -0.05) is 18.2 Å². The summed E-state index contributed by atoms with van der Waals surface area (Å²) in [4.78, 5) is 0. The molecule has 0 bridgehead atoms. The topological polar surface area (TPSA) is 12.0 Å². The van der Waals surface area contributed by atoms with Gasteiger partial charge in [0, 0.05) is 13.1 Å². The third-order valence-electron chi connectivity index (χ3n) is 2.90. The summed E-state index contributed by atoms with van der Waals surface area (Å²) < 4.78 is 14.0.